The van der Waals surface area contributed by atoms with Gasteiger partial charge in [-0.1, -0.05) is 55.7 Å². The molecule has 1 aromatic carbocycles. The van der Waals surface area contributed by atoms with E-state index in [1.807, 2.05) is 6.33 Å². The summed E-state index contributed by atoms with van der Waals surface area (Å²) in [4.78, 5) is 18.5. The van der Waals surface area contributed by atoms with Gasteiger partial charge in [0.2, 0.25) is 0 Å². The van der Waals surface area contributed by atoms with E-state index >= 15 is 0 Å². The lowest BCUT2D eigenvalue weighted by Crippen LogP contribution is -2.38. The highest BCUT2D eigenvalue weighted by molar-refractivity contribution is 7.13. The smallest absolute Gasteiger partial charge is 0.173 e. The Bertz CT molecular complexity index is 1200. The van der Waals surface area contributed by atoms with Crippen molar-refractivity contribution in [3.8, 4) is 10.7 Å². The fourth-order valence-corrected chi connectivity index (χ4v) is 6.09. The molecule has 1 aliphatic heterocycles. The molecule has 3 aromatic heterocycles. The number of fused-ring (bicyclic) bond motifs is 1. The van der Waals surface area contributed by atoms with Crippen molar-refractivity contribution in [1.82, 2.24) is 24.4 Å². The number of piperidine rings is 1. The van der Waals surface area contributed by atoms with E-state index in [9.17, 15) is 0 Å². The third-order valence-electron chi connectivity index (χ3n) is 7.31. The Hall–Kier alpha value is -2.77. The van der Waals surface area contributed by atoms with Gasteiger partial charge in [-0.15, -0.1) is 11.3 Å². The van der Waals surface area contributed by atoms with Crippen LogP contribution in [-0.2, 0) is 6.54 Å². The minimum Gasteiger partial charge on any atom is -0.365 e. The first-order valence-corrected chi connectivity index (χ1v) is 13.5. The van der Waals surface area contributed by atoms with Gasteiger partial charge in [0, 0.05) is 31.7 Å². The number of anilines is 1. The molecule has 1 saturated heterocycles. The summed E-state index contributed by atoms with van der Waals surface area (Å²) < 4.78 is 2.32. The Morgan fingerprint density at radius 1 is 0.912 bits per heavy atom. The number of nitrogens with zero attached hydrogens (tertiary/aromatic N) is 5. The lowest BCUT2D eigenvalue weighted by Gasteiger charge is -2.32. The molecule has 4 heterocycles. The number of rotatable bonds is 6. The number of nitrogens with one attached hydrogen (secondary N) is 1. The van der Waals surface area contributed by atoms with Gasteiger partial charge in [0.15, 0.2) is 17.3 Å². The van der Waals surface area contributed by atoms with Crippen molar-refractivity contribution in [2.45, 2.75) is 63.6 Å². The highest BCUT2D eigenvalue weighted by Gasteiger charge is 2.24. The maximum absolute atomic E-state index is 5.02. The van der Waals surface area contributed by atoms with E-state index in [1.54, 1.807) is 11.3 Å². The van der Waals surface area contributed by atoms with Crippen LogP contribution >= 0.6 is 11.3 Å². The minimum atomic E-state index is 0.404. The first-order chi connectivity index (χ1) is 16.8. The summed E-state index contributed by atoms with van der Waals surface area (Å²) in [6.07, 6.45) is 10.6. The molecule has 0 unspecified atom stereocenters. The molecule has 2 fully saturated rings. The molecule has 0 amide bonds. The van der Waals surface area contributed by atoms with Gasteiger partial charge in [-0.25, -0.2) is 15.0 Å². The second-order valence-corrected chi connectivity index (χ2v) is 10.6. The molecule has 0 spiro atoms. The van der Waals surface area contributed by atoms with Crippen LogP contribution in [0, 0.1) is 0 Å². The summed E-state index contributed by atoms with van der Waals surface area (Å²) in [6, 6.07) is 15.9. The van der Waals surface area contributed by atoms with Gasteiger partial charge in [-0.2, -0.15) is 0 Å². The van der Waals surface area contributed by atoms with Crippen molar-refractivity contribution < 1.29 is 0 Å². The van der Waals surface area contributed by atoms with Crippen LogP contribution in [0.2, 0.25) is 0 Å². The molecule has 34 heavy (non-hydrogen) atoms. The fraction of sp³-hybridized carbons (Fsp3) is 0.444. The van der Waals surface area contributed by atoms with Crippen LogP contribution in [0.1, 0.15) is 56.6 Å². The highest BCUT2D eigenvalue weighted by atomic mass is 32.1. The third-order valence-corrected chi connectivity index (χ3v) is 8.17. The van der Waals surface area contributed by atoms with Gasteiger partial charge >= 0.3 is 0 Å². The molecule has 6 rings (SSSR count). The molecule has 6 nitrogen and oxygen atoms in total. The Morgan fingerprint density at radius 3 is 2.50 bits per heavy atom. The van der Waals surface area contributed by atoms with Crippen LogP contribution in [0.4, 0.5) is 5.82 Å². The van der Waals surface area contributed by atoms with E-state index in [0.29, 0.717) is 12.1 Å². The Kier molecular flexibility index (Phi) is 6.29. The van der Waals surface area contributed by atoms with Crippen LogP contribution in [0.3, 0.4) is 0 Å². The number of benzene rings is 1. The lowest BCUT2D eigenvalue weighted by molar-refractivity contribution is 0.211. The average Bonchev–Trinajstić information content (AvgIpc) is 3.57. The van der Waals surface area contributed by atoms with E-state index in [-0.39, 0.29) is 0 Å². The molecule has 176 valence electrons. The summed E-state index contributed by atoms with van der Waals surface area (Å²) in [5.41, 5.74) is 3.28. The topological polar surface area (TPSA) is 58.9 Å². The quantitative estimate of drug-likeness (QED) is 0.365. The van der Waals surface area contributed by atoms with Crippen molar-refractivity contribution >= 4 is 28.3 Å². The number of thiophene rings is 1. The second-order valence-electron chi connectivity index (χ2n) is 9.67. The van der Waals surface area contributed by atoms with Crippen molar-refractivity contribution in [2.75, 3.05) is 18.4 Å². The summed E-state index contributed by atoms with van der Waals surface area (Å²) in [7, 11) is 0. The lowest BCUT2D eigenvalue weighted by atomic mass is 9.95. The van der Waals surface area contributed by atoms with Gasteiger partial charge in [0.05, 0.1) is 11.2 Å². The van der Waals surface area contributed by atoms with Crippen LogP contribution in [0.15, 0.2) is 54.2 Å². The maximum Gasteiger partial charge on any atom is 0.173 e. The number of hydrogen-bond acceptors (Lipinski definition) is 6. The highest BCUT2D eigenvalue weighted by Crippen LogP contribution is 2.33. The molecule has 0 bridgehead atoms. The second kappa shape index (κ2) is 9.84. The van der Waals surface area contributed by atoms with Crippen LogP contribution < -0.4 is 5.32 Å². The van der Waals surface area contributed by atoms with Crippen LogP contribution in [-0.4, -0.2) is 43.6 Å². The van der Waals surface area contributed by atoms with Crippen molar-refractivity contribution in [3.63, 3.8) is 0 Å². The van der Waals surface area contributed by atoms with E-state index in [2.05, 4.69) is 62.6 Å². The summed E-state index contributed by atoms with van der Waals surface area (Å²) in [6.45, 7) is 3.21. The monoisotopic (exact) mass is 472 g/mol. The molecule has 0 atom stereocenters. The van der Waals surface area contributed by atoms with Crippen molar-refractivity contribution in [2.24, 2.45) is 0 Å². The summed E-state index contributed by atoms with van der Waals surface area (Å²) >= 11 is 1.70. The van der Waals surface area contributed by atoms with Gasteiger partial charge in [-0.3, -0.25) is 4.90 Å². The Morgan fingerprint density at radius 2 is 1.74 bits per heavy atom. The first kappa shape index (κ1) is 21.7. The molecule has 1 N–H and O–H groups in total. The van der Waals surface area contributed by atoms with E-state index < -0.39 is 0 Å². The molecule has 7 heteroatoms. The molecular formula is C27H32N6S. The molecule has 1 saturated carbocycles. The zero-order valence-corrected chi connectivity index (χ0v) is 20.4. The van der Waals surface area contributed by atoms with Crippen molar-refractivity contribution in [3.05, 3.63) is 59.7 Å². The van der Waals surface area contributed by atoms with Gasteiger partial charge in [0.25, 0.3) is 0 Å². The SMILES string of the molecule is c1ccc(CN2CCC(Nc3nc(-c4cccs4)nc4c3ncn4C3CCCCC3)CC2)cc1. The predicted octanol–water partition coefficient (Wildman–Crippen LogP) is 6.14. The maximum atomic E-state index is 5.02. The van der Waals surface area contributed by atoms with Gasteiger partial charge in [0.1, 0.15) is 5.52 Å². The molecule has 2 aliphatic rings. The number of aromatic nitrogens is 4. The Balaban J connectivity index is 1.23. The van der Waals surface area contributed by atoms with E-state index in [4.69, 9.17) is 15.0 Å². The van der Waals surface area contributed by atoms with E-state index in [0.717, 1.165) is 60.2 Å². The minimum absolute atomic E-state index is 0.404. The molecule has 0 radical (unpaired) electrons. The van der Waals surface area contributed by atoms with Crippen LogP contribution in [0.5, 0.6) is 0 Å². The molecule has 4 aromatic rings. The average molecular weight is 473 g/mol. The summed E-state index contributed by atoms with van der Waals surface area (Å²) in [5.74, 6) is 1.70. The van der Waals surface area contributed by atoms with Crippen molar-refractivity contribution in [1.29, 1.82) is 0 Å². The largest absolute Gasteiger partial charge is 0.365 e. The normalized spacial score (nSPS) is 18.5. The van der Waals surface area contributed by atoms with Gasteiger partial charge in [-0.05, 0) is 42.7 Å². The zero-order valence-electron chi connectivity index (χ0n) is 19.6. The van der Waals surface area contributed by atoms with Crippen LogP contribution in [0.25, 0.3) is 21.9 Å². The first-order valence-electron chi connectivity index (χ1n) is 12.6. The molecular weight excluding hydrogens is 440 g/mol. The zero-order chi connectivity index (χ0) is 22.7. The predicted molar refractivity (Wildman–Crippen MR) is 139 cm³/mol. The number of imidazole rings is 1. The summed E-state index contributed by atoms with van der Waals surface area (Å²) in [5, 5.41) is 5.87. The third kappa shape index (κ3) is 4.59. The fourth-order valence-electron chi connectivity index (χ4n) is 5.43. The molecule has 1 aliphatic carbocycles. The number of likely N-dealkylation sites (tertiary alicyclic amines) is 1. The standard InChI is InChI=1S/C27H32N6S/c1-3-8-20(9-4-1)18-32-15-13-21(14-16-32)29-26-24-27(31-25(30-26)23-12-7-17-34-23)33(19-28-24)22-10-5-2-6-11-22/h1,3-4,7-9,12,17,19,21-22H,2,5-6,10-11,13-16,18H2,(H,29,30,31). The Labute approximate surface area is 205 Å². The number of hydrogen-bond donors (Lipinski definition) is 1. The van der Waals surface area contributed by atoms with E-state index in [1.165, 1.54) is 37.7 Å². The van der Waals surface area contributed by atoms with Gasteiger partial charge < -0.3 is 9.88 Å².